The number of carbonyl (C=O) groups is 1. The highest BCUT2D eigenvalue weighted by atomic mass is 16.1. The Morgan fingerprint density at radius 3 is 2.92 bits per heavy atom. The van der Waals surface area contributed by atoms with Crippen LogP contribution in [0.5, 0.6) is 0 Å². The number of hydrogen-bond acceptors (Lipinski definition) is 4. The van der Waals surface area contributed by atoms with Crippen LogP contribution >= 0.6 is 0 Å². The number of aromatic nitrogens is 1. The lowest BCUT2D eigenvalue weighted by Gasteiger charge is -2.35. The van der Waals surface area contributed by atoms with E-state index >= 15 is 0 Å². The molecule has 0 radical (unpaired) electrons. The number of nitrogens with one attached hydrogen (secondary N) is 2. The minimum Gasteiger partial charge on any atom is -0.379 e. The van der Waals surface area contributed by atoms with E-state index in [1.807, 2.05) is 42.5 Å². The van der Waals surface area contributed by atoms with Gasteiger partial charge in [-0.05, 0) is 57.1 Å². The number of nitrogens with zero attached hydrogens (tertiary/aromatic N) is 2. The zero-order valence-electron chi connectivity index (χ0n) is 14.9. The largest absolute Gasteiger partial charge is 0.379 e. The number of carbonyl (C=O) groups excluding carboxylic acids is 1. The number of piperidine rings is 1. The van der Waals surface area contributed by atoms with Crippen molar-refractivity contribution in [2.24, 2.45) is 0 Å². The molecule has 1 aromatic heterocycles. The van der Waals surface area contributed by atoms with Gasteiger partial charge in [0, 0.05) is 36.1 Å². The molecule has 0 saturated carbocycles. The first-order valence-electron chi connectivity index (χ1n) is 8.87. The average molecular weight is 338 g/mol. The molecule has 0 aliphatic carbocycles. The summed E-state index contributed by atoms with van der Waals surface area (Å²) in [7, 11) is 2.14. The lowest BCUT2D eigenvalue weighted by atomic mass is 9.98. The van der Waals surface area contributed by atoms with Gasteiger partial charge in [-0.2, -0.15) is 0 Å². The van der Waals surface area contributed by atoms with Crippen molar-refractivity contribution >= 4 is 11.6 Å². The highest BCUT2D eigenvalue weighted by Gasteiger charge is 2.24. The Morgan fingerprint density at radius 1 is 1.28 bits per heavy atom. The van der Waals surface area contributed by atoms with Crippen molar-refractivity contribution in [1.29, 1.82) is 0 Å². The number of hydrogen-bond donors (Lipinski definition) is 2. The fraction of sp³-hybridized carbons (Fsp3) is 0.400. The van der Waals surface area contributed by atoms with E-state index in [4.69, 9.17) is 0 Å². The molecule has 132 valence electrons. The topological polar surface area (TPSA) is 57.3 Å². The lowest BCUT2D eigenvalue weighted by Crippen LogP contribution is -2.47. The molecule has 5 heteroatoms. The number of anilines is 1. The van der Waals surface area contributed by atoms with E-state index in [0.717, 1.165) is 30.8 Å². The number of amides is 1. The summed E-state index contributed by atoms with van der Waals surface area (Å²) in [6, 6.07) is 14.2. The molecule has 1 aliphatic rings. The summed E-state index contributed by atoms with van der Waals surface area (Å²) in [5, 5.41) is 6.50. The molecule has 2 N–H and O–H groups in total. The smallest absolute Gasteiger partial charge is 0.251 e. The van der Waals surface area contributed by atoms with E-state index in [1.165, 1.54) is 0 Å². The third kappa shape index (κ3) is 4.79. The van der Waals surface area contributed by atoms with E-state index in [9.17, 15) is 4.79 Å². The van der Waals surface area contributed by atoms with Gasteiger partial charge in [-0.1, -0.05) is 12.1 Å². The Balaban J connectivity index is 1.58. The highest BCUT2D eigenvalue weighted by Crippen LogP contribution is 2.17. The summed E-state index contributed by atoms with van der Waals surface area (Å²) < 4.78 is 0. The molecular weight excluding hydrogens is 312 g/mol. The van der Waals surface area contributed by atoms with E-state index < -0.39 is 0 Å². The molecule has 1 aromatic carbocycles. The maximum absolute atomic E-state index is 12.6. The highest BCUT2D eigenvalue weighted by molar-refractivity contribution is 5.95. The molecule has 1 aliphatic heterocycles. The van der Waals surface area contributed by atoms with Crippen LogP contribution in [-0.2, 0) is 6.54 Å². The predicted octanol–water partition coefficient (Wildman–Crippen LogP) is 2.91. The minimum absolute atomic E-state index is 0.00300. The fourth-order valence-corrected chi connectivity index (χ4v) is 3.15. The maximum atomic E-state index is 12.6. The summed E-state index contributed by atoms with van der Waals surface area (Å²) in [5.41, 5.74) is 2.59. The van der Waals surface area contributed by atoms with Gasteiger partial charge in [-0.25, -0.2) is 0 Å². The summed E-state index contributed by atoms with van der Waals surface area (Å²) in [6.45, 7) is 3.87. The zero-order chi connectivity index (χ0) is 17.6. The second-order valence-corrected chi connectivity index (χ2v) is 6.78. The van der Waals surface area contributed by atoms with Crippen molar-refractivity contribution in [3.05, 3.63) is 59.9 Å². The molecule has 2 aromatic rings. The molecule has 3 rings (SSSR count). The summed E-state index contributed by atoms with van der Waals surface area (Å²) in [5.74, 6) is 0.00300. The number of pyridine rings is 1. The first-order valence-corrected chi connectivity index (χ1v) is 8.87. The van der Waals surface area contributed by atoms with Crippen molar-refractivity contribution in [3.63, 3.8) is 0 Å². The van der Waals surface area contributed by atoms with Gasteiger partial charge in [0.25, 0.3) is 5.91 Å². The molecule has 2 atom stereocenters. The maximum Gasteiger partial charge on any atom is 0.251 e. The summed E-state index contributed by atoms with van der Waals surface area (Å²) in [4.78, 5) is 19.2. The van der Waals surface area contributed by atoms with Crippen molar-refractivity contribution in [1.82, 2.24) is 15.2 Å². The molecule has 2 unspecified atom stereocenters. The monoisotopic (exact) mass is 338 g/mol. The van der Waals surface area contributed by atoms with Gasteiger partial charge in [-0.15, -0.1) is 0 Å². The molecule has 0 spiro atoms. The third-order valence-corrected chi connectivity index (χ3v) is 4.87. The molecule has 25 heavy (non-hydrogen) atoms. The average Bonchev–Trinajstić information content (AvgIpc) is 2.64. The van der Waals surface area contributed by atoms with Crippen LogP contribution < -0.4 is 10.6 Å². The SMILES string of the molecule is CC1CC(NC(=O)c2cccc(NCc3ccccn3)c2)CCN1C. The Hall–Kier alpha value is -2.40. The molecule has 2 heterocycles. The van der Waals surface area contributed by atoms with Crippen molar-refractivity contribution < 1.29 is 4.79 Å². The van der Waals surface area contributed by atoms with Crippen LogP contribution in [0.2, 0.25) is 0 Å². The van der Waals surface area contributed by atoms with Gasteiger partial charge in [0.1, 0.15) is 0 Å². The van der Waals surface area contributed by atoms with Gasteiger partial charge >= 0.3 is 0 Å². The van der Waals surface area contributed by atoms with E-state index in [-0.39, 0.29) is 11.9 Å². The van der Waals surface area contributed by atoms with Gasteiger partial charge in [0.05, 0.1) is 12.2 Å². The summed E-state index contributed by atoms with van der Waals surface area (Å²) >= 11 is 0. The van der Waals surface area contributed by atoms with E-state index in [1.54, 1.807) is 6.20 Å². The Labute approximate surface area is 149 Å². The van der Waals surface area contributed by atoms with Crippen LogP contribution in [0.3, 0.4) is 0 Å². The lowest BCUT2D eigenvalue weighted by molar-refractivity contribution is 0.0896. The Morgan fingerprint density at radius 2 is 2.16 bits per heavy atom. The van der Waals surface area contributed by atoms with Crippen LogP contribution in [0.1, 0.15) is 35.8 Å². The minimum atomic E-state index is 0.00300. The normalized spacial score (nSPS) is 20.9. The Kier molecular flexibility index (Phi) is 5.66. The van der Waals surface area contributed by atoms with E-state index in [0.29, 0.717) is 18.2 Å². The predicted molar refractivity (Wildman–Crippen MR) is 101 cm³/mol. The number of benzene rings is 1. The molecule has 1 fully saturated rings. The van der Waals surface area contributed by atoms with Crippen molar-refractivity contribution in [2.75, 3.05) is 18.9 Å². The zero-order valence-corrected chi connectivity index (χ0v) is 14.9. The number of rotatable bonds is 5. The Bertz CT molecular complexity index is 704. The molecule has 1 amide bonds. The fourth-order valence-electron chi connectivity index (χ4n) is 3.15. The standard InChI is InChI=1S/C20H26N4O/c1-15-12-18(9-11-24(15)2)23-20(25)16-6-5-8-17(13-16)22-14-19-7-3-4-10-21-19/h3-8,10,13,15,18,22H,9,11-12,14H2,1-2H3,(H,23,25). The van der Waals surface area contributed by atoms with Crippen LogP contribution in [0, 0.1) is 0 Å². The van der Waals surface area contributed by atoms with Crippen molar-refractivity contribution in [3.8, 4) is 0 Å². The molecular formula is C20H26N4O. The second-order valence-electron chi connectivity index (χ2n) is 6.78. The summed E-state index contributed by atoms with van der Waals surface area (Å²) in [6.07, 6.45) is 3.79. The van der Waals surface area contributed by atoms with Crippen LogP contribution in [0.15, 0.2) is 48.7 Å². The van der Waals surface area contributed by atoms with Gasteiger partial charge in [0.15, 0.2) is 0 Å². The van der Waals surface area contributed by atoms with Crippen LogP contribution in [0.4, 0.5) is 5.69 Å². The first-order chi connectivity index (χ1) is 12.1. The van der Waals surface area contributed by atoms with Gasteiger partial charge < -0.3 is 15.5 Å². The molecule has 5 nitrogen and oxygen atoms in total. The number of likely N-dealkylation sites (tertiary alicyclic amines) is 1. The van der Waals surface area contributed by atoms with Crippen LogP contribution in [-0.4, -0.2) is 41.5 Å². The quantitative estimate of drug-likeness (QED) is 0.880. The van der Waals surface area contributed by atoms with Crippen molar-refractivity contribution in [2.45, 2.75) is 38.4 Å². The van der Waals surface area contributed by atoms with Crippen LogP contribution in [0.25, 0.3) is 0 Å². The first kappa shape index (κ1) is 17.4. The molecule has 0 bridgehead atoms. The van der Waals surface area contributed by atoms with E-state index in [2.05, 4.69) is 34.5 Å². The third-order valence-electron chi connectivity index (χ3n) is 4.87. The van der Waals surface area contributed by atoms with Gasteiger partial charge in [-0.3, -0.25) is 9.78 Å². The molecule has 1 saturated heterocycles. The van der Waals surface area contributed by atoms with Gasteiger partial charge in [0.2, 0.25) is 0 Å². The second kappa shape index (κ2) is 8.12.